The number of hydrogen-bond acceptors (Lipinski definition) is 2. The third kappa shape index (κ3) is 4.25. The summed E-state index contributed by atoms with van der Waals surface area (Å²) in [5.41, 5.74) is 2.83. The Morgan fingerprint density at radius 2 is 1.58 bits per heavy atom. The van der Waals surface area contributed by atoms with Crippen molar-refractivity contribution in [3.63, 3.8) is 0 Å². The fourth-order valence-electron chi connectivity index (χ4n) is 2.70. The highest BCUT2D eigenvalue weighted by atomic mass is 19.2. The molecule has 0 radical (unpaired) electrons. The van der Waals surface area contributed by atoms with Crippen LogP contribution in [0.1, 0.15) is 21.5 Å². The van der Waals surface area contributed by atoms with E-state index < -0.39 is 17.6 Å². The summed E-state index contributed by atoms with van der Waals surface area (Å²) >= 11 is 0. The highest BCUT2D eigenvalue weighted by Gasteiger charge is 2.12. The second-order valence-corrected chi connectivity index (χ2v) is 5.92. The molecule has 0 aromatic heterocycles. The molecule has 0 atom stereocenters. The van der Waals surface area contributed by atoms with Gasteiger partial charge in [-0.25, -0.2) is 13.6 Å². The zero-order valence-corrected chi connectivity index (χ0v) is 13.9. The van der Waals surface area contributed by atoms with E-state index in [1.54, 1.807) is 12.1 Å². The Hall–Kier alpha value is -3.21. The average molecular weight is 353 g/mol. The number of aromatic carboxylic acids is 1. The van der Waals surface area contributed by atoms with Crippen molar-refractivity contribution in [3.8, 4) is 0 Å². The molecule has 0 saturated heterocycles. The molecule has 3 rings (SSSR count). The van der Waals surface area contributed by atoms with Crippen molar-refractivity contribution in [1.29, 1.82) is 0 Å². The lowest BCUT2D eigenvalue weighted by Crippen LogP contribution is -2.04. The fraction of sp³-hybridized carbons (Fsp3) is 0.0952. The molecule has 26 heavy (non-hydrogen) atoms. The smallest absolute Gasteiger partial charge is 0.337 e. The van der Waals surface area contributed by atoms with Gasteiger partial charge in [-0.15, -0.1) is 0 Å². The largest absolute Gasteiger partial charge is 0.478 e. The number of anilines is 2. The molecular weight excluding hydrogens is 336 g/mol. The van der Waals surface area contributed by atoms with Gasteiger partial charge in [-0.2, -0.15) is 0 Å². The van der Waals surface area contributed by atoms with Crippen LogP contribution in [0.3, 0.4) is 0 Å². The van der Waals surface area contributed by atoms with Crippen molar-refractivity contribution in [2.24, 2.45) is 0 Å². The van der Waals surface area contributed by atoms with E-state index in [1.807, 2.05) is 30.3 Å². The Labute approximate surface area is 149 Å². The Bertz CT molecular complexity index is 927. The first-order chi connectivity index (χ1) is 12.5. The van der Waals surface area contributed by atoms with Gasteiger partial charge in [0.15, 0.2) is 11.6 Å². The molecule has 132 valence electrons. The number of hydrogen-bond donors (Lipinski definition) is 2. The van der Waals surface area contributed by atoms with Crippen LogP contribution < -0.4 is 5.32 Å². The lowest BCUT2D eigenvalue weighted by atomic mass is 10.0. The van der Waals surface area contributed by atoms with E-state index >= 15 is 0 Å². The average Bonchev–Trinajstić information content (AvgIpc) is 2.64. The number of rotatable bonds is 6. The zero-order valence-electron chi connectivity index (χ0n) is 13.9. The number of aryl methyl sites for hydroxylation is 2. The Morgan fingerprint density at radius 3 is 2.27 bits per heavy atom. The van der Waals surface area contributed by atoms with E-state index in [1.165, 1.54) is 17.7 Å². The minimum atomic E-state index is -1.09. The second-order valence-electron chi connectivity index (χ2n) is 5.92. The molecule has 0 spiro atoms. The summed E-state index contributed by atoms with van der Waals surface area (Å²) < 4.78 is 26.5. The first-order valence-electron chi connectivity index (χ1n) is 8.15. The Kier molecular flexibility index (Phi) is 5.27. The molecule has 0 aliphatic carbocycles. The van der Waals surface area contributed by atoms with Crippen LogP contribution in [0.4, 0.5) is 20.2 Å². The van der Waals surface area contributed by atoms with Gasteiger partial charge >= 0.3 is 5.97 Å². The lowest BCUT2D eigenvalue weighted by Gasteiger charge is -2.12. The van der Waals surface area contributed by atoms with Gasteiger partial charge in [0.2, 0.25) is 0 Å². The molecule has 0 aliphatic heterocycles. The number of benzene rings is 3. The number of halogens is 2. The topological polar surface area (TPSA) is 49.3 Å². The van der Waals surface area contributed by atoms with Crippen LogP contribution in [0, 0.1) is 11.6 Å². The Morgan fingerprint density at radius 1 is 0.846 bits per heavy atom. The van der Waals surface area contributed by atoms with Crippen LogP contribution in [-0.2, 0) is 12.8 Å². The normalized spacial score (nSPS) is 10.5. The molecule has 2 N–H and O–H groups in total. The number of nitrogens with one attached hydrogen (secondary N) is 1. The molecule has 3 nitrogen and oxygen atoms in total. The molecular formula is C21H17F2NO2. The standard InChI is InChI=1S/C21H17F2NO2/c22-18-11-9-16(13-19(18)23)24-20-12-15(8-10-17(20)21(25)26)7-6-14-4-2-1-3-5-14/h1-5,8-13,24H,6-7H2,(H,25,26). The molecule has 0 saturated carbocycles. The summed E-state index contributed by atoms with van der Waals surface area (Å²) in [5.74, 6) is -3.04. The van der Waals surface area contributed by atoms with Crippen molar-refractivity contribution in [2.75, 3.05) is 5.32 Å². The first kappa shape index (κ1) is 17.6. The summed E-state index contributed by atoms with van der Waals surface area (Å²) in [5, 5.41) is 12.2. The number of carboxylic acid groups (broad SMARTS) is 1. The minimum Gasteiger partial charge on any atom is -0.478 e. The minimum absolute atomic E-state index is 0.0678. The highest BCUT2D eigenvalue weighted by molar-refractivity contribution is 5.95. The predicted octanol–water partition coefficient (Wildman–Crippen LogP) is 5.19. The van der Waals surface area contributed by atoms with Gasteiger partial charge in [-0.1, -0.05) is 36.4 Å². The molecule has 0 heterocycles. The van der Waals surface area contributed by atoms with Crippen molar-refractivity contribution in [2.45, 2.75) is 12.8 Å². The van der Waals surface area contributed by atoms with Gasteiger partial charge in [-0.05, 0) is 48.2 Å². The molecule has 0 bridgehead atoms. The van der Waals surface area contributed by atoms with Crippen LogP contribution in [0.15, 0.2) is 66.7 Å². The fourth-order valence-corrected chi connectivity index (χ4v) is 2.70. The number of carboxylic acids is 1. The third-order valence-electron chi connectivity index (χ3n) is 4.06. The molecule has 5 heteroatoms. The van der Waals surface area contributed by atoms with Gasteiger partial charge in [0.1, 0.15) is 0 Å². The van der Waals surface area contributed by atoms with E-state index in [9.17, 15) is 18.7 Å². The Balaban J connectivity index is 1.84. The maximum atomic E-state index is 13.4. The van der Waals surface area contributed by atoms with Crippen LogP contribution in [0.2, 0.25) is 0 Å². The van der Waals surface area contributed by atoms with Crippen LogP contribution in [0.5, 0.6) is 0 Å². The van der Waals surface area contributed by atoms with E-state index in [2.05, 4.69) is 5.32 Å². The van der Waals surface area contributed by atoms with E-state index in [0.717, 1.165) is 30.5 Å². The van der Waals surface area contributed by atoms with Gasteiger partial charge in [0.05, 0.1) is 11.3 Å². The molecule has 0 fully saturated rings. The van der Waals surface area contributed by atoms with Gasteiger partial charge in [-0.3, -0.25) is 0 Å². The van der Waals surface area contributed by atoms with Crippen molar-refractivity contribution in [1.82, 2.24) is 0 Å². The first-order valence-corrected chi connectivity index (χ1v) is 8.15. The van der Waals surface area contributed by atoms with Gasteiger partial charge < -0.3 is 10.4 Å². The maximum Gasteiger partial charge on any atom is 0.337 e. The summed E-state index contributed by atoms with van der Waals surface area (Å²) in [6.45, 7) is 0. The summed E-state index contributed by atoms with van der Waals surface area (Å²) in [6, 6.07) is 18.3. The van der Waals surface area contributed by atoms with E-state index in [-0.39, 0.29) is 11.3 Å². The van der Waals surface area contributed by atoms with Crippen molar-refractivity contribution < 1.29 is 18.7 Å². The molecule has 0 aliphatic rings. The lowest BCUT2D eigenvalue weighted by molar-refractivity contribution is 0.0698. The van der Waals surface area contributed by atoms with E-state index in [4.69, 9.17) is 0 Å². The van der Waals surface area contributed by atoms with Gasteiger partial charge in [0.25, 0.3) is 0 Å². The van der Waals surface area contributed by atoms with Crippen LogP contribution in [-0.4, -0.2) is 11.1 Å². The molecule has 0 amide bonds. The molecule has 0 unspecified atom stereocenters. The summed E-state index contributed by atoms with van der Waals surface area (Å²) in [7, 11) is 0. The molecule has 3 aromatic rings. The van der Waals surface area contributed by atoms with Crippen molar-refractivity contribution in [3.05, 3.63) is 95.1 Å². The SMILES string of the molecule is O=C(O)c1ccc(CCc2ccccc2)cc1Nc1ccc(F)c(F)c1. The molecule has 3 aromatic carbocycles. The third-order valence-corrected chi connectivity index (χ3v) is 4.06. The van der Waals surface area contributed by atoms with E-state index in [0.29, 0.717) is 5.69 Å². The van der Waals surface area contributed by atoms with Gasteiger partial charge in [0, 0.05) is 11.8 Å². The van der Waals surface area contributed by atoms with Crippen LogP contribution in [0.25, 0.3) is 0 Å². The van der Waals surface area contributed by atoms with Crippen molar-refractivity contribution >= 4 is 17.3 Å². The zero-order chi connectivity index (χ0) is 18.5. The number of carbonyl (C=O) groups is 1. The monoisotopic (exact) mass is 353 g/mol. The predicted molar refractivity (Wildman–Crippen MR) is 96.9 cm³/mol. The maximum absolute atomic E-state index is 13.4. The highest BCUT2D eigenvalue weighted by Crippen LogP contribution is 2.24. The quantitative estimate of drug-likeness (QED) is 0.641. The van der Waals surface area contributed by atoms with Crippen LogP contribution >= 0.6 is 0 Å². The second kappa shape index (κ2) is 7.78. The summed E-state index contributed by atoms with van der Waals surface area (Å²) in [4.78, 5) is 11.4. The summed E-state index contributed by atoms with van der Waals surface area (Å²) in [6.07, 6.45) is 1.55.